The quantitative estimate of drug-likeness (QED) is 0.577. The van der Waals surface area contributed by atoms with E-state index < -0.39 is 5.97 Å². The highest BCUT2D eigenvalue weighted by Gasteiger charge is 2.44. The van der Waals surface area contributed by atoms with Gasteiger partial charge in [0.05, 0.1) is 5.92 Å². The predicted octanol–water partition coefficient (Wildman–Crippen LogP) is 2.94. The fraction of sp³-hybridized carbons (Fsp3) is 0.444. The molecule has 0 aliphatic heterocycles. The molecule has 0 spiro atoms. The Morgan fingerprint density at radius 1 is 1.23 bits per heavy atom. The van der Waals surface area contributed by atoms with Crippen molar-refractivity contribution in [2.75, 3.05) is 30.0 Å². The number of nitrogens with one attached hydrogen (secondary N) is 2. The monoisotopic (exact) mass is 373 g/mol. The maximum absolute atomic E-state index is 10.9. The predicted molar refractivity (Wildman–Crippen MR) is 103 cm³/mol. The number of hydrogen-bond donors (Lipinski definition) is 3. The molecule has 0 aromatic carbocycles. The molecule has 2 heterocycles. The van der Waals surface area contributed by atoms with Crippen molar-refractivity contribution in [2.45, 2.75) is 24.2 Å². The lowest BCUT2D eigenvalue weighted by Crippen LogP contribution is -2.21. The second kappa shape index (κ2) is 8.35. The molecule has 0 amide bonds. The minimum Gasteiger partial charge on any atom is -0.481 e. The highest BCUT2D eigenvalue weighted by Crippen LogP contribution is 2.47. The van der Waals surface area contributed by atoms with Crippen LogP contribution in [0.1, 0.15) is 24.8 Å². The van der Waals surface area contributed by atoms with Crippen LogP contribution in [0, 0.1) is 11.8 Å². The molecule has 7 nitrogen and oxygen atoms in total. The molecule has 0 radical (unpaired) electrons. The fourth-order valence-electron chi connectivity index (χ4n) is 2.69. The van der Waals surface area contributed by atoms with Crippen molar-refractivity contribution in [3.8, 4) is 0 Å². The van der Waals surface area contributed by atoms with Gasteiger partial charge in [-0.15, -0.1) is 11.8 Å². The van der Waals surface area contributed by atoms with E-state index in [0.717, 1.165) is 29.4 Å². The Morgan fingerprint density at radius 3 is 2.54 bits per heavy atom. The van der Waals surface area contributed by atoms with E-state index in [2.05, 4.69) is 32.5 Å². The Hall–Kier alpha value is -2.35. The highest BCUT2D eigenvalue weighted by molar-refractivity contribution is 7.98. The van der Waals surface area contributed by atoms with Gasteiger partial charge in [0.25, 0.3) is 0 Å². The number of aromatic nitrogens is 3. The number of nitrogens with zero attached hydrogens (tertiary/aromatic N) is 3. The number of aliphatic carboxylic acids is 1. The van der Waals surface area contributed by atoms with Crippen molar-refractivity contribution < 1.29 is 9.90 Å². The molecule has 3 unspecified atom stereocenters. The first-order valence-corrected chi connectivity index (χ1v) is 9.82. The number of thioether (sulfide) groups is 1. The number of hydrogen-bond acceptors (Lipinski definition) is 7. The molecule has 1 saturated carbocycles. The van der Waals surface area contributed by atoms with Gasteiger partial charge in [0.1, 0.15) is 5.82 Å². The van der Waals surface area contributed by atoms with Crippen LogP contribution in [0.25, 0.3) is 0 Å². The van der Waals surface area contributed by atoms with Crippen LogP contribution in [-0.4, -0.2) is 45.4 Å². The molecule has 3 atom stereocenters. The Kier molecular flexibility index (Phi) is 5.92. The van der Waals surface area contributed by atoms with Gasteiger partial charge in [-0.05, 0) is 36.1 Å². The van der Waals surface area contributed by atoms with Crippen LogP contribution in [0.3, 0.4) is 0 Å². The zero-order valence-electron chi connectivity index (χ0n) is 14.8. The average Bonchev–Trinajstić information content (AvgIpc) is 3.47. The summed E-state index contributed by atoms with van der Waals surface area (Å²) in [6.45, 7) is 3.65. The number of rotatable bonds is 9. The summed E-state index contributed by atoms with van der Waals surface area (Å²) in [4.78, 5) is 24.9. The van der Waals surface area contributed by atoms with Gasteiger partial charge in [-0.3, -0.25) is 4.79 Å². The zero-order chi connectivity index (χ0) is 18.5. The molecular formula is C18H23N5O2S. The minimum absolute atomic E-state index is 0.120. The van der Waals surface area contributed by atoms with Crippen molar-refractivity contribution in [1.29, 1.82) is 0 Å². The van der Waals surface area contributed by atoms with E-state index in [1.165, 1.54) is 0 Å². The Balaban J connectivity index is 1.41. The molecular weight excluding hydrogens is 350 g/mol. The van der Waals surface area contributed by atoms with Crippen LogP contribution in [0.15, 0.2) is 35.6 Å². The van der Waals surface area contributed by atoms with Gasteiger partial charge in [-0.25, -0.2) is 15.0 Å². The standard InChI is InChI=1S/C18H23N5O2S/c1-11(7-21-18-22-9-13(26-2)10-23-18)6-19-16-4-3-12(8-20-16)14-5-15(14)17(24)25/h3-4,8-11,14-15H,5-7H2,1-2H3,(H,19,20)(H,24,25)(H,21,22,23). The second-order valence-corrected chi connectivity index (χ2v) is 7.46. The van der Waals surface area contributed by atoms with Crippen LogP contribution in [0.2, 0.25) is 0 Å². The summed E-state index contributed by atoms with van der Waals surface area (Å²) in [5, 5.41) is 15.5. The van der Waals surface area contributed by atoms with Crippen LogP contribution in [-0.2, 0) is 4.79 Å². The summed E-state index contributed by atoms with van der Waals surface area (Å²) >= 11 is 1.62. The lowest BCUT2D eigenvalue weighted by atomic mass is 10.1. The molecule has 2 aromatic rings. The molecule has 2 aromatic heterocycles. The molecule has 0 saturated heterocycles. The first-order valence-electron chi connectivity index (χ1n) is 8.59. The van der Waals surface area contributed by atoms with Gasteiger partial charge in [0.2, 0.25) is 5.95 Å². The first-order chi connectivity index (χ1) is 12.6. The third-order valence-electron chi connectivity index (χ3n) is 4.43. The topological polar surface area (TPSA) is 100 Å². The highest BCUT2D eigenvalue weighted by atomic mass is 32.2. The van der Waals surface area contributed by atoms with Crippen LogP contribution in [0.4, 0.5) is 11.8 Å². The Labute approximate surface area is 157 Å². The van der Waals surface area contributed by atoms with Crippen molar-refractivity contribution in [2.24, 2.45) is 11.8 Å². The van der Waals surface area contributed by atoms with E-state index in [4.69, 9.17) is 5.11 Å². The molecule has 0 bridgehead atoms. The zero-order valence-corrected chi connectivity index (χ0v) is 15.7. The van der Waals surface area contributed by atoms with Crippen molar-refractivity contribution in [1.82, 2.24) is 15.0 Å². The molecule has 1 fully saturated rings. The fourth-order valence-corrected chi connectivity index (χ4v) is 3.01. The minimum atomic E-state index is -0.717. The molecule has 1 aliphatic rings. The van der Waals surface area contributed by atoms with E-state index in [1.54, 1.807) is 18.0 Å². The van der Waals surface area contributed by atoms with Gasteiger partial charge < -0.3 is 15.7 Å². The van der Waals surface area contributed by atoms with E-state index >= 15 is 0 Å². The van der Waals surface area contributed by atoms with E-state index in [-0.39, 0.29) is 11.8 Å². The molecule has 8 heteroatoms. The van der Waals surface area contributed by atoms with Crippen LogP contribution < -0.4 is 10.6 Å². The van der Waals surface area contributed by atoms with Gasteiger partial charge in [0.15, 0.2) is 0 Å². The number of carboxylic acids is 1. The summed E-state index contributed by atoms with van der Waals surface area (Å²) in [5.41, 5.74) is 1.00. The smallest absolute Gasteiger partial charge is 0.307 e. The van der Waals surface area contributed by atoms with Crippen molar-refractivity contribution in [3.63, 3.8) is 0 Å². The number of carboxylic acid groups (broad SMARTS) is 1. The molecule has 26 heavy (non-hydrogen) atoms. The van der Waals surface area contributed by atoms with E-state index in [9.17, 15) is 4.79 Å². The lowest BCUT2D eigenvalue weighted by molar-refractivity contribution is -0.138. The largest absolute Gasteiger partial charge is 0.481 e. The maximum atomic E-state index is 10.9. The second-order valence-electron chi connectivity index (χ2n) is 6.58. The van der Waals surface area contributed by atoms with Gasteiger partial charge >= 0.3 is 5.97 Å². The summed E-state index contributed by atoms with van der Waals surface area (Å²) < 4.78 is 0. The van der Waals surface area contributed by atoms with Crippen molar-refractivity contribution in [3.05, 3.63) is 36.3 Å². The lowest BCUT2D eigenvalue weighted by Gasteiger charge is -2.14. The third-order valence-corrected chi connectivity index (χ3v) is 5.11. The van der Waals surface area contributed by atoms with Gasteiger partial charge in [-0.2, -0.15) is 0 Å². The van der Waals surface area contributed by atoms with E-state index in [1.807, 2.05) is 30.8 Å². The molecule has 3 N–H and O–H groups in total. The average molecular weight is 373 g/mol. The SMILES string of the molecule is CSc1cnc(NCC(C)CNc2ccc(C3CC3C(=O)O)cn2)nc1. The normalized spacial score (nSPS) is 19.6. The van der Waals surface area contributed by atoms with Crippen LogP contribution in [0.5, 0.6) is 0 Å². The molecule has 1 aliphatic carbocycles. The van der Waals surface area contributed by atoms with E-state index in [0.29, 0.717) is 18.3 Å². The summed E-state index contributed by atoms with van der Waals surface area (Å²) in [6.07, 6.45) is 8.11. The number of carbonyl (C=O) groups is 1. The van der Waals surface area contributed by atoms with Gasteiger partial charge in [0, 0.05) is 36.6 Å². The Morgan fingerprint density at radius 2 is 1.96 bits per heavy atom. The summed E-state index contributed by atoms with van der Waals surface area (Å²) in [7, 11) is 0. The van der Waals surface area contributed by atoms with Crippen molar-refractivity contribution >= 4 is 29.5 Å². The molecule has 138 valence electrons. The molecule has 3 rings (SSSR count). The van der Waals surface area contributed by atoms with Crippen LogP contribution >= 0.6 is 11.8 Å². The number of pyridine rings is 1. The third kappa shape index (κ3) is 4.85. The number of anilines is 2. The first kappa shape index (κ1) is 18.4. The Bertz CT molecular complexity index is 738. The summed E-state index contributed by atoms with van der Waals surface area (Å²) in [5.74, 6) is 0.956. The van der Waals surface area contributed by atoms with Gasteiger partial charge in [-0.1, -0.05) is 13.0 Å². The summed E-state index contributed by atoms with van der Waals surface area (Å²) in [6, 6.07) is 3.88. The maximum Gasteiger partial charge on any atom is 0.307 e.